The molecule has 1 amide bonds. The zero-order chi connectivity index (χ0) is 13.7. The van der Waals surface area contributed by atoms with E-state index in [-0.39, 0.29) is 5.91 Å². The molecule has 0 fully saturated rings. The SMILES string of the molecule is Cc1ccccc1C(=O)N/N=C/c1ccc(I)cc1. The minimum atomic E-state index is -0.195. The third-order valence-corrected chi connectivity index (χ3v) is 3.36. The van der Waals surface area contributed by atoms with E-state index in [1.807, 2.05) is 49.4 Å². The number of rotatable bonds is 3. The largest absolute Gasteiger partial charge is 0.271 e. The predicted molar refractivity (Wildman–Crippen MR) is 85.4 cm³/mol. The highest BCUT2D eigenvalue weighted by atomic mass is 127. The minimum absolute atomic E-state index is 0.195. The fourth-order valence-electron chi connectivity index (χ4n) is 1.60. The Kier molecular flexibility index (Phi) is 4.68. The van der Waals surface area contributed by atoms with Gasteiger partial charge in [0.15, 0.2) is 0 Å². The van der Waals surface area contributed by atoms with E-state index in [9.17, 15) is 4.79 Å². The topological polar surface area (TPSA) is 41.5 Å². The van der Waals surface area contributed by atoms with Crippen LogP contribution in [0.4, 0.5) is 0 Å². The van der Waals surface area contributed by atoms with Crippen LogP contribution in [0.1, 0.15) is 21.5 Å². The summed E-state index contributed by atoms with van der Waals surface area (Å²) in [4.78, 5) is 11.9. The van der Waals surface area contributed by atoms with Crippen LogP contribution in [0, 0.1) is 10.5 Å². The van der Waals surface area contributed by atoms with E-state index in [0.29, 0.717) is 5.56 Å². The van der Waals surface area contributed by atoms with E-state index in [2.05, 4.69) is 33.1 Å². The van der Waals surface area contributed by atoms with Crippen molar-refractivity contribution in [3.05, 3.63) is 68.8 Å². The molecular formula is C15H13IN2O. The number of amides is 1. The van der Waals surface area contributed by atoms with Gasteiger partial charge in [-0.15, -0.1) is 0 Å². The van der Waals surface area contributed by atoms with Gasteiger partial charge in [-0.3, -0.25) is 4.79 Å². The maximum Gasteiger partial charge on any atom is 0.271 e. The van der Waals surface area contributed by atoms with Crippen molar-refractivity contribution in [2.75, 3.05) is 0 Å². The number of aryl methyl sites for hydroxylation is 1. The number of hydrogen-bond donors (Lipinski definition) is 1. The summed E-state index contributed by atoms with van der Waals surface area (Å²) in [5.74, 6) is -0.195. The summed E-state index contributed by atoms with van der Waals surface area (Å²) in [5, 5.41) is 3.96. The molecule has 0 aliphatic rings. The van der Waals surface area contributed by atoms with E-state index >= 15 is 0 Å². The quantitative estimate of drug-likeness (QED) is 0.507. The lowest BCUT2D eigenvalue weighted by Gasteiger charge is -2.02. The van der Waals surface area contributed by atoms with Crippen molar-refractivity contribution in [3.8, 4) is 0 Å². The molecule has 0 spiro atoms. The van der Waals surface area contributed by atoms with Gasteiger partial charge in [0, 0.05) is 9.13 Å². The average Bonchev–Trinajstić information content (AvgIpc) is 2.41. The van der Waals surface area contributed by atoms with E-state index in [4.69, 9.17) is 0 Å². The zero-order valence-corrected chi connectivity index (χ0v) is 12.6. The van der Waals surface area contributed by atoms with Crippen LogP contribution in [0.5, 0.6) is 0 Å². The second kappa shape index (κ2) is 6.47. The molecule has 0 aliphatic heterocycles. The number of nitrogens with one attached hydrogen (secondary N) is 1. The van der Waals surface area contributed by atoms with Gasteiger partial charge in [-0.1, -0.05) is 30.3 Å². The van der Waals surface area contributed by atoms with Crippen molar-refractivity contribution < 1.29 is 4.79 Å². The third kappa shape index (κ3) is 3.89. The summed E-state index contributed by atoms with van der Waals surface area (Å²) in [5.41, 5.74) is 5.06. The van der Waals surface area contributed by atoms with Gasteiger partial charge >= 0.3 is 0 Å². The van der Waals surface area contributed by atoms with Crippen molar-refractivity contribution >= 4 is 34.7 Å². The third-order valence-electron chi connectivity index (χ3n) is 2.64. The van der Waals surface area contributed by atoms with E-state index in [1.54, 1.807) is 12.3 Å². The Morgan fingerprint density at radius 2 is 1.84 bits per heavy atom. The van der Waals surface area contributed by atoms with Crippen molar-refractivity contribution in [1.82, 2.24) is 5.43 Å². The number of carbonyl (C=O) groups excluding carboxylic acids is 1. The highest BCUT2D eigenvalue weighted by molar-refractivity contribution is 14.1. The predicted octanol–water partition coefficient (Wildman–Crippen LogP) is 3.36. The summed E-state index contributed by atoms with van der Waals surface area (Å²) < 4.78 is 1.17. The summed E-state index contributed by atoms with van der Waals surface area (Å²) >= 11 is 2.24. The molecule has 0 saturated heterocycles. The molecule has 0 saturated carbocycles. The first-order valence-electron chi connectivity index (χ1n) is 5.81. The molecule has 3 nitrogen and oxygen atoms in total. The van der Waals surface area contributed by atoms with Gasteiger partial charge < -0.3 is 0 Å². The van der Waals surface area contributed by atoms with Crippen molar-refractivity contribution in [2.24, 2.45) is 5.10 Å². The van der Waals surface area contributed by atoms with Gasteiger partial charge in [-0.05, 0) is 58.8 Å². The Morgan fingerprint density at radius 3 is 2.53 bits per heavy atom. The van der Waals surface area contributed by atoms with E-state index in [1.165, 1.54) is 3.57 Å². The smallest absolute Gasteiger partial charge is 0.267 e. The molecule has 2 rings (SSSR count). The van der Waals surface area contributed by atoms with E-state index in [0.717, 1.165) is 11.1 Å². The highest BCUT2D eigenvalue weighted by Crippen LogP contribution is 2.07. The fourth-order valence-corrected chi connectivity index (χ4v) is 1.96. The van der Waals surface area contributed by atoms with Crippen LogP contribution in [-0.4, -0.2) is 12.1 Å². The number of halogens is 1. The molecule has 1 N–H and O–H groups in total. The molecule has 0 unspecified atom stereocenters. The first-order valence-corrected chi connectivity index (χ1v) is 6.89. The Morgan fingerprint density at radius 1 is 1.16 bits per heavy atom. The van der Waals surface area contributed by atoms with Crippen LogP contribution < -0.4 is 5.43 Å². The van der Waals surface area contributed by atoms with Crippen LogP contribution in [0.3, 0.4) is 0 Å². The minimum Gasteiger partial charge on any atom is -0.267 e. The van der Waals surface area contributed by atoms with Gasteiger partial charge in [-0.2, -0.15) is 5.10 Å². The molecule has 0 heterocycles. The van der Waals surface area contributed by atoms with Crippen LogP contribution in [0.15, 0.2) is 53.6 Å². The average molecular weight is 364 g/mol. The van der Waals surface area contributed by atoms with Crippen LogP contribution >= 0.6 is 22.6 Å². The zero-order valence-electron chi connectivity index (χ0n) is 10.4. The number of hydrogen-bond acceptors (Lipinski definition) is 2. The summed E-state index contributed by atoms with van der Waals surface area (Å²) in [6.07, 6.45) is 1.63. The lowest BCUT2D eigenvalue weighted by atomic mass is 10.1. The summed E-state index contributed by atoms with van der Waals surface area (Å²) in [7, 11) is 0. The fraction of sp³-hybridized carbons (Fsp3) is 0.0667. The molecule has 0 bridgehead atoms. The molecule has 0 atom stereocenters. The number of carbonyl (C=O) groups is 1. The van der Waals surface area contributed by atoms with Crippen molar-refractivity contribution in [2.45, 2.75) is 6.92 Å². The molecule has 96 valence electrons. The lowest BCUT2D eigenvalue weighted by molar-refractivity contribution is 0.0954. The lowest BCUT2D eigenvalue weighted by Crippen LogP contribution is -2.18. The number of benzene rings is 2. The molecule has 0 radical (unpaired) electrons. The molecule has 0 aliphatic carbocycles. The Hall–Kier alpha value is -1.69. The second-order valence-corrected chi connectivity index (χ2v) is 5.31. The van der Waals surface area contributed by atoms with Crippen molar-refractivity contribution in [1.29, 1.82) is 0 Å². The van der Waals surface area contributed by atoms with Gasteiger partial charge in [0.05, 0.1) is 6.21 Å². The molecule has 2 aromatic carbocycles. The maximum absolute atomic E-state index is 11.9. The van der Waals surface area contributed by atoms with Crippen LogP contribution in [0.25, 0.3) is 0 Å². The molecule has 4 heteroatoms. The molecule has 2 aromatic rings. The summed E-state index contributed by atoms with van der Waals surface area (Å²) in [6.45, 7) is 1.90. The van der Waals surface area contributed by atoms with Crippen molar-refractivity contribution in [3.63, 3.8) is 0 Å². The second-order valence-electron chi connectivity index (χ2n) is 4.07. The molecule has 19 heavy (non-hydrogen) atoms. The normalized spacial score (nSPS) is 10.6. The van der Waals surface area contributed by atoms with Crippen LogP contribution in [-0.2, 0) is 0 Å². The molecular weight excluding hydrogens is 351 g/mol. The standard InChI is InChI=1S/C15H13IN2O/c1-11-4-2-3-5-14(11)15(19)18-17-10-12-6-8-13(16)9-7-12/h2-10H,1H3,(H,18,19)/b17-10+. The Balaban J connectivity index is 2.01. The first kappa shape index (κ1) is 13.7. The number of nitrogens with zero attached hydrogens (tertiary/aromatic N) is 1. The van der Waals surface area contributed by atoms with Gasteiger partial charge in [0.1, 0.15) is 0 Å². The Bertz CT molecular complexity index is 606. The van der Waals surface area contributed by atoms with Gasteiger partial charge in [0.25, 0.3) is 5.91 Å². The summed E-state index contributed by atoms with van der Waals surface area (Å²) in [6, 6.07) is 15.3. The van der Waals surface area contributed by atoms with Crippen LogP contribution in [0.2, 0.25) is 0 Å². The number of hydrazone groups is 1. The Labute approximate surface area is 125 Å². The van der Waals surface area contributed by atoms with Gasteiger partial charge in [0.2, 0.25) is 0 Å². The maximum atomic E-state index is 11.9. The first-order chi connectivity index (χ1) is 9.16. The van der Waals surface area contributed by atoms with Gasteiger partial charge in [-0.25, -0.2) is 5.43 Å². The molecule has 0 aromatic heterocycles. The van der Waals surface area contributed by atoms with E-state index < -0.39 is 0 Å². The highest BCUT2D eigenvalue weighted by Gasteiger charge is 2.05. The monoisotopic (exact) mass is 364 g/mol.